The van der Waals surface area contributed by atoms with E-state index in [1.165, 1.54) is 6.07 Å². The molecule has 1 aromatic rings. The first-order chi connectivity index (χ1) is 7.00. The molecular weight excluding hydrogens is 204 g/mol. The highest BCUT2D eigenvalue weighted by atomic mass is 19.1. The standard InChI is InChI=1S/C10H13F2NO2/c1-6(13)9(14)5-15-10-3-2-7(11)4-8(10)12/h2-4,6,9,14H,5,13H2,1H3/p+1/t6-,9+/m0/s1. The van der Waals surface area contributed by atoms with Crippen molar-refractivity contribution in [1.82, 2.24) is 0 Å². The molecule has 0 amide bonds. The van der Waals surface area contributed by atoms with E-state index in [4.69, 9.17) is 4.74 Å². The van der Waals surface area contributed by atoms with Crippen molar-refractivity contribution in [3.63, 3.8) is 0 Å². The number of ether oxygens (including phenoxy) is 1. The molecule has 0 saturated carbocycles. The molecule has 0 saturated heterocycles. The number of aliphatic hydroxyl groups excluding tert-OH is 1. The minimum atomic E-state index is -0.779. The first kappa shape index (κ1) is 11.9. The fourth-order valence-corrected chi connectivity index (χ4v) is 0.932. The quantitative estimate of drug-likeness (QED) is 0.765. The lowest BCUT2D eigenvalue weighted by molar-refractivity contribution is -0.432. The Morgan fingerprint density at radius 1 is 1.47 bits per heavy atom. The third kappa shape index (κ3) is 3.45. The lowest BCUT2D eigenvalue weighted by Gasteiger charge is -2.13. The van der Waals surface area contributed by atoms with E-state index in [0.29, 0.717) is 0 Å². The van der Waals surface area contributed by atoms with Gasteiger partial charge in [0.05, 0.1) is 0 Å². The second kappa shape index (κ2) is 5.04. The van der Waals surface area contributed by atoms with Gasteiger partial charge in [-0.3, -0.25) is 0 Å². The molecule has 0 heterocycles. The minimum Gasteiger partial charge on any atom is -0.488 e. The maximum atomic E-state index is 13.0. The van der Waals surface area contributed by atoms with Crippen LogP contribution in [0, 0.1) is 11.6 Å². The molecular formula is C10H14F2NO2+. The zero-order valence-corrected chi connectivity index (χ0v) is 8.41. The van der Waals surface area contributed by atoms with E-state index >= 15 is 0 Å². The Balaban J connectivity index is 2.58. The van der Waals surface area contributed by atoms with Crippen molar-refractivity contribution < 1.29 is 24.4 Å². The van der Waals surface area contributed by atoms with Crippen molar-refractivity contribution in [2.45, 2.75) is 19.1 Å². The molecule has 0 unspecified atom stereocenters. The number of aliphatic hydroxyl groups is 1. The topological polar surface area (TPSA) is 57.1 Å². The Kier molecular flexibility index (Phi) is 3.99. The summed E-state index contributed by atoms with van der Waals surface area (Å²) in [5, 5.41) is 9.35. The molecule has 84 valence electrons. The van der Waals surface area contributed by atoms with E-state index < -0.39 is 17.7 Å². The second-order valence-electron chi connectivity index (χ2n) is 3.43. The van der Waals surface area contributed by atoms with Gasteiger partial charge in [0.15, 0.2) is 11.6 Å². The van der Waals surface area contributed by atoms with E-state index in [2.05, 4.69) is 5.73 Å². The van der Waals surface area contributed by atoms with Crippen LogP contribution < -0.4 is 10.5 Å². The summed E-state index contributed by atoms with van der Waals surface area (Å²) in [7, 11) is 0. The van der Waals surface area contributed by atoms with Crippen LogP contribution in [0.5, 0.6) is 5.75 Å². The van der Waals surface area contributed by atoms with Gasteiger partial charge in [0.2, 0.25) is 0 Å². The number of hydrogen-bond acceptors (Lipinski definition) is 2. The molecule has 1 rings (SSSR count). The second-order valence-corrected chi connectivity index (χ2v) is 3.43. The first-order valence-electron chi connectivity index (χ1n) is 4.59. The van der Waals surface area contributed by atoms with Crippen LogP contribution in [-0.2, 0) is 0 Å². The highest BCUT2D eigenvalue weighted by molar-refractivity contribution is 5.24. The van der Waals surface area contributed by atoms with E-state index in [1.807, 2.05) is 0 Å². The lowest BCUT2D eigenvalue weighted by Crippen LogP contribution is -2.65. The van der Waals surface area contributed by atoms with Gasteiger partial charge in [-0.05, 0) is 19.1 Å². The van der Waals surface area contributed by atoms with Gasteiger partial charge < -0.3 is 15.6 Å². The third-order valence-electron chi connectivity index (χ3n) is 1.96. The Morgan fingerprint density at radius 3 is 2.67 bits per heavy atom. The van der Waals surface area contributed by atoms with Crippen LogP contribution in [0.1, 0.15) is 6.92 Å². The summed E-state index contributed by atoms with van der Waals surface area (Å²) in [5.74, 6) is -1.51. The number of hydrogen-bond donors (Lipinski definition) is 2. The summed E-state index contributed by atoms with van der Waals surface area (Å²) in [4.78, 5) is 0. The lowest BCUT2D eigenvalue weighted by atomic mass is 10.2. The van der Waals surface area contributed by atoms with Gasteiger partial charge in [-0.1, -0.05) is 0 Å². The average Bonchev–Trinajstić information content (AvgIpc) is 2.15. The molecule has 15 heavy (non-hydrogen) atoms. The largest absolute Gasteiger partial charge is 0.488 e. The predicted molar refractivity (Wildman–Crippen MR) is 50.2 cm³/mol. The summed E-state index contributed by atoms with van der Waals surface area (Å²) in [6.45, 7) is 1.66. The van der Waals surface area contributed by atoms with Gasteiger partial charge in [-0.15, -0.1) is 0 Å². The number of rotatable bonds is 4. The van der Waals surface area contributed by atoms with Crippen molar-refractivity contribution >= 4 is 0 Å². The van der Waals surface area contributed by atoms with Crippen molar-refractivity contribution in [3.8, 4) is 5.75 Å². The number of benzene rings is 1. The van der Waals surface area contributed by atoms with Crippen LogP contribution in [0.3, 0.4) is 0 Å². The van der Waals surface area contributed by atoms with Crippen LogP contribution >= 0.6 is 0 Å². The van der Waals surface area contributed by atoms with Crippen LogP contribution in [0.15, 0.2) is 18.2 Å². The zero-order valence-electron chi connectivity index (χ0n) is 8.41. The van der Waals surface area contributed by atoms with Crippen LogP contribution in [-0.4, -0.2) is 23.9 Å². The monoisotopic (exact) mass is 218 g/mol. The van der Waals surface area contributed by atoms with E-state index in [0.717, 1.165) is 12.1 Å². The normalized spacial score (nSPS) is 14.7. The Bertz CT molecular complexity index is 331. The SMILES string of the molecule is C[C@H]([NH3+])[C@H](O)COc1ccc(F)cc1F. The van der Waals surface area contributed by atoms with Gasteiger partial charge in [0.1, 0.15) is 24.6 Å². The van der Waals surface area contributed by atoms with Gasteiger partial charge in [-0.25, -0.2) is 8.78 Å². The Morgan fingerprint density at radius 2 is 2.13 bits per heavy atom. The fraction of sp³-hybridized carbons (Fsp3) is 0.400. The molecule has 0 spiro atoms. The summed E-state index contributed by atoms with van der Waals surface area (Å²) in [5.41, 5.74) is 3.60. The summed E-state index contributed by atoms with van der Waals surface area (Å²) in [6, 6.07) is 2.80. The molecule has 0 fully saturated rings. The summed E-state index contributed by atoms with van der Waals surface area (Å²) >= 11 is 0. The average molecular weight is 218 g/mol. The Hall–Kier alpha value is -1.20. The molecule has 0 radical (unpaired) electrons. The highest BCUT2D eigenvalue weighted by Crippen LogP contribution is 2.17. The zero-order chi connectivity index (χ0) is 11.4. The number of halogens is 2. The minimum absolute atomic E-state index is 0.0623. The van der Waals surface area contributed by atoms with Crippen molar-refractivity contribution in [3.05, 3.63) is 29.8 Å². The molecule has 0 aromatic heterocycles. The predicted octanol–water partition coefficient (Wildman–Crippen LogP) is 0.335. The molecule has 4 N–H and O–H groups in total. The fourth-order valence-electron chi connectivity index (χ4n) is 0.932. The van der Waals surface area contributed by atoms with E-state index in [9.17, 15) is 13.9 Å². The Labute approximate surface area is 86.5 Å². The third-order valence-corrected chi connectivity index (χ3v) is 1.96. The molecule has 0 aliphatic heterocycles. The van der Waals surface area contributed by atoms with Gasteiger partial charge in [0.25, 0.3) is 0 Å². The molecule has 0 bridgehead atoms. The van der Waals surface area contributed by atoms with E-state index in [1.54, 1.807) is 6.92 Å². The van der Waals surface area contributed by atoms with Crippen LogP contribution in [0.4, 0.5) is 8.78 Å². The first-order valence-corrected chi connectivity index (χ1v) is 4.59. The number of quaternary nitrogens is 1. The van der Waals surface area contributed by atoms with Crippen molar-refractivity contribution in [1.29, 1.82) is 0 Å². The molecule has 0 aliphatic rings. The van der Waals surface area contributed by atoms with Gasteiger partial charge in [-0.2, -0.15) is 0 Å². The smallest absolute Gasteiger partial charge is 0.167 e. The van der Waals surface area contributed by atoms with Gasteiger partial charge in [0, 0.05) is 6.07 Å². The molecule has 0 aliphatic carbocycles. The van der Waals surface area contributed by atoms with Crippen molar-refractivity contribution in [2.75, 3.05) is 6.61 Å². The van der Waals surface area contributed by atoms with Crippen LogP contribution in [0.25, 0.3) is 0 Å². The van der Waals surface area contributed by atoms with Crippen molar-refractivity contribution in [2.24, 2.45) is 0 Å². The summed E-state index contributed by atoms with van der Waals surface area (Å²) < 4.78 is 30.5. The summed E-state index contributed by atoms with van der Waals surface area (Å²) in [6.07, 6.45) is -0.769. The highest BCUT2D eigenvalue weighted by Gasteiger charge is 2.14. The van der Waals surface area contributed by atoms with E-state index in [-0.39, 0.29) is 18.4 Å². The molecule has 5 heteroatoms. The van der Waals surface area contributed by atoms with Gasteiger partial charge >= 0.3 is 0 Å². The maximum Gasteiger partial charge on any atom is 0.167 e. The molecule has 2 atom stereocenters. The molecule has 3 nitrogen and oxygen atoms in total. The maximum absolute atomic E-state index is 13.0. The van der Waals surface area contributed by atoms with Crippen LogP contribution in [0.2, 0.25) is 0 Å². The molecule has 1 aromatic carbocycles.